The average molecular weight is 328 g/mol. The van der Waals surface area contributed by atoms with Crippen molar-refractivity contribution in [3.63, 3.8) is 0 Å². The number of thiol groups is 1. The summed E-state index contributed by atoms with van der Waals surface area (Å²) in [6, 6.07) is 15.8. The third kappa shape index (κ3) is 3.44. The van der Waals surface area contributed by atoms with E-state index in [1.807, 2.05) is 55.5 Å². The molecule has 4 N–H and O–H groups in total. The molecule has 0 spiro atoms. The zero-order valence-electron chi connectivity index (χ0n) is 13.1. The van der Waals surface area contributed by atoms with Crippen molar-refractivity contribution >= 4 is 30.1 Å². The summed E-state index contributed by atoms with van der Waals surface area (Å²) in [4.78, 5) is 18.3. The van der Waals surface area contributed by atoms with Crippen LogP contribution in [0.4, 0.5) is 5.69 Å². The Kier molecular flexibility index (Phi) is 5.54. The number of aliphatic imine (C=N–C) groups is 1. The zero-order chi connectivity index (χ0) is 17.0. The number of benzodiazepines with no additional fused rings is 1. The Hall–Kier alpha value is -2.15. The Bertz CT molecular complexity index is 731. The van der Waals surface area contributed by atoms with E-state index in [1.54, 1.807) is 11.9 Å². The first-order valence-corrected chi connectivity index (χ1v) is 7.63. The first-order chi connectivity index (χ1) is 11.1. The second-order valence-corrected chi connectivity index (χ2v) is 5.21. The van der Waals surface area contributed by atoms with Gasteiger partial charge in [-0.2, -0.15) is 0 Å². The molecule has 0 aromatic heterocycles. The molecule has 0 radical (unpaired) electrons. The predicted octanol–water partition coefficient (Wildman–Crippen LogP) is 1.88. The van der Waals surface area contributed by atoms with E-state index in [4.69, 9.17) is 5.73 Å². The minimum Gasteiger partial charge on any atom is -0.312 e. The van der Waals surface area contributed by atoms with E-state index in [0.717, 1.165) is 28.1 Å². The second-order valence-electron chi connectivity index (χ2n) is 5.21. The third-order valence-corrected chi connectivity index (χ3v) is 3.67. The van der Waals surface area contributed by atoms with Gasteiger partial charge in [0.15, 0.2) is 6.17 Å². The molecule has 120 valence electrons. The lowest BCUT2D eigenvalue weighted by Crippen LogP contribution is -2.39. The van der Waals surface area contributed by atoms with Crippen LogP contribution in [0, 0.1) is 6.92 Å². The number of nitrogens with zero attached hydrogens (tertiary/aromatic N) is 2. The van der Waals surface area contributed by atoms with Crippen LogP contribution in [0.1, 0.15) is 16.7 Å². The van der Waals surface area contributed by atoms with Gasteiger partial charge in [-0.3, -0.25) is 14.9 Å². The number of aryl methyl sites for hydroxylation is 1. The number of nitrogens with two attached hydrogens (primary N) is 2. The van der Waals surface area contributed by atoms with E-state index >= 15 is 0 Å². The Balaban J connectivity index is 0.000000924. The van der Waals surface area contributed by atoms with Crippen LogP contribution in [0.15, 0.2) is 53.5 Å². The van der Waals surface area contributed by atoms with Crippen molar-refractivity contribution < 1.29 is 4.79 Å². The van der Waals surface area contributed by atoms with Crippen LogP contribution in [0.2, 0.25) is 0 Å². The van der Waals surface area contributed by atoms with Crippen molar-refractivity contribution in [2.75, 3.05) is 11.9 Å². The van der Waals surface area contributed by atoms with Gasteiger partial charge in [0.05, 0.1) is 11.4 Å². The monoisotopic (exact) mass is 328 g/mol. The molecule has 0 aliphatic carbocycles. The van der Waals surface area contributed by atoms with E-state index < -0.39 is 6.17 Å². The number of hydrogen-bond acceptors (Lipinski definition) is 5. The van der Waals surface area contributed by atoms with Gasteiger partial charge in [0.25, 0.3) is 5.91 Å². The molecule has 1 heterocycles. The van der Waals surface area contributed by atoms with E-state index in [2.05, 4.69) is 22.9 Å². The van der Waals surface area contributed by atoms with Gasteiger partial charge in [0.1, 0.15) is 0 Å². The van der Waals surface area contributed by atoms with E-state index in [0.29, 0.717) is 0 Å². The van der Waals surface area contributed by atoms with Gasteiger partial charge < -0.3 is 10.6 Å². The highest BCUT2D eigenvalue weighted by Gasteiger charge is 2.27. The number of likely N-dealkylation sites (N-methyl/N-ethyl adjacent to an activating group) is 1. The van der Waals surface area contributed by atoms with Crippen molar-refractivity contribution in [2.45, 2.75) is 13.1 Å². The molecule has 1 amide bonds. The molecular weight excluding hydrogens is 308 g/mol. The summed E-state index contributed by atoms with van der Waals surface area (Å²) in [7, 11) is 1.74. The molecule has 1 unspecified atom stereocenters. The van der Waals surface area contributed by atoms with Crippen LogP contribution in [-0.4, -0.2) is 24.8 Å². The molecule has 6 heteroatoms. The number of carbonyl (C=O) groups is 1. The fourth-order valence-corrected chi connectivity index (χ4v) is 2.54. The summed E-state index contributed by atoms with van der Waals surface area (Å²) in [5.41, 5.74) is 10.5. The molecule has 2 aromatic carbocycles. The van der Waals surface area contributed by atoms with Gasteiger partial charge in [-0.05, 0) is 19.1 Å². The van der Waals surface area contributed by atoms with Gasteiger partial charge in [0.2, 0.25) is 0 Å². The minimum atomic E-state index is -0.877. The highest BCUT2D eigenvalue weighted by Crippen LogP contribution is 2.27. The van der Waals surface area contributed by atoms with Gasteiger partial charge >= 0.3 is 0 Å². The summed E-state index contributed by atoms with van der Waals surface area (Å²) in [6.07, 6.45) is -0.877. The maximum atomic E-state index is 12.3. The molecular formula is C17H20N4OS. The fourth-order valence-electron chi connectivity index (χ4n) is 2.54. The number of anilines is 1. The summed E-state index contributed by atoms with van der Waals surface area (Å²) in [6.45, 7) is 2.02. The van der Waals surface area contributed by atoms with Crippen LogP contribution >= 0.6 is 12.8 Å². The summed E-state index contributed by atoms with van der Waals surface area (Å²) < 4.78 is 0. The van der Waals surface area contributed by atoms with Gasteiger partial charge in [-0.25, -0.2) is 0 Å². The highest BCUT2D eigenvalue weighted by molar-refractivity contribution is 7.77. The van der Waals surface area contributed by atoms with Crippen molar-refractivity contribution in [1.29, 1.82) is 0 Å². The molecule has 0 fully saturated rings. The molecule has 0 saturated carbocycles. The summed E-state index contributed by atoms with van der Waals surface area (Å²) >= 11 is 3.03. The first-order valence-electron chi connectivity index (χ1n) is 7.11. The topological polar surface area (TPSA) is 84.7 Å². The SMILES string of the molecule is Cc1ccc2c(c1)C(c1ccccc1)=NC(N)C(=O)N2C.NS. The quantitative estimate of drug-likeness (QED) is 0.699. The molecule has 5 nitrogen and oxygen atoms in total. The molecule has 2 aromatic rings. The predicted molar refractivity (Wildman–Crippen MR) is 97.8 cm³/mol. The molecule has 1 atom stereocenters. The van der Waals surface area contributed by atoms with Crippen molar-refractivity contribution in [1.82, 2.24) is 0 Å². The smallest absolute Gasteiger partial charge is 0.266 e. The molecule has 1 aliphatic heterocycles. The fraction of sp³-hybridized carbons (Fsp3) is 0.176. The van der Waals surface area contributed by atoms with Crippen LogP contribution in [-0.2, 0) is 4.79 Å². The number of benzene rings is 2. The van der Waals surface area contributed by atoms with Crippen molar-refractivity contribution in [3.05, 3.63) is 65.2 Å². The van der Waals surface area contributed by atoms with Crippen LogP contribution in [0.5, 0.6) is 0 Å². The maximum absolute atomic E-state index is 12.3. The molecule has 0 saturated heterocycles. The lowest BCUT2D eigenvalue weighted by atomic mass is 9.98. The molecule has 1 aliphatic rings. The average Bonchev–Trinajstić information content (AvgIpc) is 2.68. The number of rotatable bonds is 1. The largest absolute Gasteiger partial charge is 0.312 e. The minimum absolute atomic E-state index is 0.203. The van der Waals surface area contributed by atoms with Crippen LogP contribution in [0.25, 0.3) is 0 Å². The Morgan fingerprint density at radius 2 is 1.78 bits per heavy atom. The van der Waals surface area contributed by atoms with Crippen LogP contribution in [0.3, 0.4) is 0 Å². The van der Waals surface area contributed by atoms with Gasteiger partial charge in [-0.15, -0.1) is 12.8 Å². The van der Waals surface area contributed by atoms with E-state index in [-0.39, 0.29) is 5.91 Å². The number of fused-ring (bicyclic) bond motifs is 1. The second kappa shape index (κ2) is 7.41. The van der Waals surface area contributed by atoms with Crippen LogP contribution < -0.4 is 15.8 Å². The molecule has 23 heavy (non-hydrogen) atoms. The molecule has 3 rings (SSSR count). The maximum Gasteiger partial charge on any atom is 0.266 e. The number of amides is 1. The summed E-state index contributed by atoms with van der Waals surface area (Å²) in [5.74, 6) is -0.203. The zero-order valence-corrected chi connectivity index (χ0v) is 14.0. The third-order valence-electron chi connectivity index (χ3n) is 3.67. The summed E-state index contributed by atoms with van der Waals surface area (Å²) in [5, 5.41) is 4.19. The van der Waals surface area contributed by atoms with E-state index in [9.17, 15) is 4.79 Å². The van der Waals surface area contributed by atoms with E-state index in [1.165, 1.54) is 0 Å². The standard InChI is InChI=1S/C17H17N3O.H3NS/c1-11-8-9-14-13(10-11)15(12-6-4-3-5-7-12)19-16(18)17(21)20(14)2;1-2/h3-10,16H,18H2,1-2H3;2H,1H2. The highest BCUT2D eigenvalue weighted by atomic mass is 32.1. The Morgan fingerprint density at radius 1 is 1.13 bits per heavy atom. The lowest BCUT2D eigenvalue weighted by molar-refractivity contribution is -0.119. The Morgan fingerprint density at radius 3 is 2.43 bits per heavy atom. The Labute approximate surface area is 141 Å². The van der Waals surface area contributed by atoms with Crippen molar-refractivity contribution in [3.8, 4) is 0 Å². The normalized spacial score (nSPS) is 16.7. The lowest BCUT2D eigenvalue weighted by Gasteiger charge is -2.19. The van der Waals surface area contributed by atoms with Gasteiger partial charge in [0, 0.05) is 18.2 Å². The number of hydrogen-bond donors (Lipinski definition) is 3. The van der Waals surface area contributed by atoms with Gasteiger partial charge in [-0.1, -0.05) is 42.0 Å². The number of carbonyl (C=O) groups excluding carboxylic acids is 1. The first kappa shape index (κ1) is 17.2. The molecule has 0 bridgehead atoms. The van der Waals surface area contributed by atoms with Crippen molar-refractivity contribution in [2.24, 2.45) is 15.9 Å².